The van der Waals surface area contributed by atoms with E-state index in [1.807, 2.05) is 25.3 Å². The van der Waals surface area contributed by atoms with Crippen LogP contribution in [0.2, 0.25) is 10.0 Å². The highest BCUT2D eigenvalue weighted by molar-refractivity contribution is 7.99. The molecule has 0 unspecified atom stereocenters. The smallest absolute Gasteiger partial charge is 0.251 e. The zero-order valence-corrected chi connectivity index (χ0v) is 21.3. The molecule has 8 nitrogen and oxygen atoms in total. The maximum atomic E-state index is 12.6. The van der Waals surface area contributed by atoms with Gasteiger partial charge in [0.25, 0.3) is 5.91 Å². The molecule has 0 aliphatic rings. The monoisotopic (exact) mass is 521 g/mol. The fraction of sp³-hybridized carbons (Fsp3) is 0.304. The van der Waals surface area contributed by atoms with Gasteiger partial charge in [0.1, 0.15) is 5.75 Å². The summed E-state index contributed by atoms with van der Waals surface area (Å²) in [4.78, 5) is 25.0. The largest absolute Gasteiger partial charge is 0.494 e. The summed E-state index contributed by atoms with van der Waals surface area (Å²) < 4.78 is 7.27. The fourth-order valence-electron chi connectivity index (χ4n) is 3.13. The molecule has 2 aromatic carbocycles. The van der Waals surface area contributed by atoms with E-state index >= 15 is 0 Å². The van der Waals surface area contributed by atoms with Crippen LogP contribution in [0.15, 0.2) is 47.6 Å². The van der Waals surface area contributed by atoms with Crippen LogP contribution >= 0.6 is 35.0 Å². The first-order chi connectivity index (χ1) is 16.3. The first-order valence-corrected chi connectivity index (χ1v) is 12.4. The summed E-state index contributed by atoms with van der Waals surface area (Å²) in [6.07, 6.45) is 0. The molecule has 1 aromatic heterocycles. The Morgan fingerprint density at radius 3 is 2.47 bits per heavy atom. The molecule has 3 aromatic rings. The summed E-state index contributed by atoms with van der Waals surface area (Å²) in [5, 5.41) is 15.5. The van der Waals surface area contributed by atoms with Gasteiger partial charge in [-0.15, -0.1) is 10.2 Å². The molecule has 2 N–H and O–H groups in total. The second-order valence-corrected chi connectivity index (χ2v) is 8.96. The molecule has 180 valence electrons. The molecular weight excluding hydrogens is 497 g/mol. The van der Waals surface area contributed by atoms with Crippen LogP contribution in [0.5, 0.6) is 5.75 Å². The predicted octanol–water partition coefficient (Wildman–Crippen LogP) is 5.23. The molecule has 1 heterocycles. The third-order valence-electron chi connectivity index (χ3n) is 4.76. The molecular formula is C23H25Cl2N5O3S. The van der Waals surface area contributed by atoms with E-state index in [1.165, 1.54) is 17.8 Å². The Bertz CT molecular complexity index is 1150. The number of carbonyl (C=O) groups excluding carboxylic acids is 2. The minimum absolute atomic E-state index is 0.162. The first kappa shape index (κ1) is 25.9. The minimum Gasteiger partial charge on any atom is -0.494 e. The van der Waals surface area contributed by atoms with Crippen molar-refractivity contribution in [2.45, 2.75) is 38.5 Å². The molecule has 0 saturated carbocycles. The van der Waals surface area contributed by atoms with E-state index in [-0.39, 0.29) is 17.6 Å². The third kappa shape index (κ3) is 6.65. The van der Waals surface area contributed by atoms with E-state index in [9.17, 15) is 9.59 Å². The highest BCUT2D eigenvalue weighted by Crippen LogP contribution is 2.24. The molecule has 0 fully saturated rings. The van der Waals surface area contributed by atoms with E-state index in [2.05, 4.69) is 20.8 Å². The van der Waals surface area contributed by atoms with E-state index in [0.717, 1.165) is 5.75 Å². The number of hydrogen-bond acceptors (Lipinski definition) is 6. The number of amides is 2. The van der Waals surface area contributed by atoms with Gasteiger partial charge in [-0.05, 0) is 63.2 Å². The Morgan fingerprint density at radius 2 is 1.82 bits per heavy atom. The first-order valence-electron chi connectivity index (χ1n) is 10.7. The highest BCUT2D eigenvalue weighted by Gasteiger charge is 2.20. The number of anilines is 1. The number of aromatic nitrogens is 3. The molecule has 1 atom stereocenters. The second-order valence-electron chi connectivity index (χ2n) is 7.20. The number of nitrogens with zero attached hydrogens (tertiary/aromatic N) is 3. The Morgan fingerprint density at radius 1 is 1.09 bits per heavy atom. The van der Waals surface area contributed by atoms with Crippen molar-refractivity contribution in [3.05, 3.63) is 63.9 Å². The average Bonchev–Trinajstić information content (AvgIpc) is 3.24. The number of thioether (sulfide) groups is 1. The van der Waals surface area contributed by atoms with Gasteiger partial charge in [-0.25, -0.2) is 0 Å². The van der Waals surface area contributed by atoms with Crippen molar-refractivity contribution in [1.29, 1.82) is 0 Å². The van der Waals surface area contributed by atoms with Crippen LogP contribution in [0.4, 0.5) is 5.69 Å². The van der Waals surface area contributed by atoms with Crippen LogP contribution in [0.25, 0.3) is 0 Å². The van der Waals surface area contributed by atoms with Crippen LogP contribution in [-0.4, -0.2) is 38.9 Å². The summed E-state index contributed by atoms with van der Waals surface area (Å²) in [7, 11) is 0. The van der Waals surface area contributed by atoms with Crippen LogP contribution in [0.3, 0.4) is 0 Å². The van der Waals surface area contributed by atoms with Gasteiger partial charge in [-0.2, -0.15) is 0 Å². The maximum Gasteiger partial charge on any atom is 0.251 e. The van der Waals surface area contributed by atoms with Crippen molar-refractivity contribution < 1.29 is 14.3 Å². The van der Waals surface area contributed by atoms with Crippen molar-refractivity contribution in [2.75, 3.05) is 17.7 Å². The normalized spacial score (nSPS) is 11.7. The van der Waals surface area contributed by atoms with Crippen molar-refractivity contribution in [3.63, 3.8) is 0 Å². The Balaban J connectivity index is 1.59. The van der Waals surface area contributed by atoms with Gasteiger partial charge >= 0.3 is 0 Å². The summed E-state index contributed by atoms with van der Waals surface area (Å²) >= 11 is 13.2. The Kier molecular flexibility index (Phi) is 9.20. The van der Waals surface area contributed by atoms with Gasteiger partial charge in [0.2, 0.25) is 5.91 Å². The van der Waals surface area contributed by atoms with Crippen molar-refractivity contribution in [1.82, 2.24) is 20.1 Å². The zero-order valence-electron chi connectivity index (χ0n) is 19.0. The van der Waals surface area contributed by atoms with E-state index in [1.54, 1.807) is 36.4 Å². The number of halogens is 2. The molecule has 11 heteroatoms. The molecule has 2 amide bonds. The van der Waals surface area contributed by atoms with Crippen molar-refractivity contribution in [3.8, 4) is 5.75 Å². The van der Waals surface area contributed by atoms with Crippen LogP contribution in [0.1, 0.15) is 43.0 Å². The lowest BCUT2D eigenvalue weighted by Gasteiger charge is -2.15. The minimum atomic E-state index is -0.415. The lowest BCUT2D eigenvalue weighted by Crippen LogP contribution is -2.28. The van der Waals surface area contributed by atoms with Crippen LogP contribution in [0, 0.1) is 0 Å². The number of ether oxygens (including phenoxy) is 1. The van der Waals surface area contributed by atoms with Gasteiger partial charge in [0.05, 0.1) is 28.4 Å². The molecule has 34 heavy (non-hydrogen) atoms. The van der Waals surface area contributed by atoms with Gasteiger partial charge in [-0.1, -0.05) is 35.0 Å². The molecule has 0 bridgehead atoms. The van der Waals surface area contributed by atoms with Gasteiger partial charge in [0.15, 0.2) is 11.0 Å². The van der Waals surface area contributed by atoms with Crippen LogP contribution < -0.4 is 15.4 Å². The van der Waals surface area contributed by atoms with E-state index < -0.39 is 6.04 Å². The molecule has 0 aliphatic carbocycles. The second kappa shape index (κ2) is 12.1. The lowest BCUT2D eigenvalue weighted by molar-refractivity contribution is -0.113. The lowest BCUT2D eigenvalue weighted by atomic mass is 10.2. The van der Waals surface area contributed by atoms with Crippen LogP contribution in [-0.2, 0) is 11.3 Å². The Labute approximate surface area is 212 Å². The van der Waals surface area contributed by atoms with Crippen molar-refractivity contribution in [2.24, 2.45) is 0 Å². The van der Waals surface area contributed by atoms with E-state index in [4.69, 9.17) is 27.9 Å². The summed E-state index contributed by atoms with van der Waals surface area (Å²) in [5.41, 5.74) is 1.08. The van der Waals surface area contributed by atoms with Gasteiger partial charge in [0, 0.05) is 17.8 Å². The average molecular weight is 522 g/mol. The number of benzene rings is 2. The molecule has 3 rings (SSSR count). The number of carbonyl (C=O) groups is 2. The van der Waals surface area contributed by atoms with Gasteiger partial charge < -0.3 is 19.9 Å². The summed E-state index contributed by atoms with van der Waals surface area (Å²) in [6, 6.07) is 11.5. The molecule has 0 spiro atoms. The third-order valence-corrected chi connectivity index (χ3v) is 6.47. The summed E-state index contributed by atoms with van der Waals surface area (Å²) in [5.74, 6) is 1.03. The summed E-state index contributed by atoms with van der Waals surface area (Å²) in [6.45, 7) is 6.85. The predicted molar refractivity (Wildman–Crippen MR) is 135 cm³/mol. The molecule has 0 radical (unpaired) electrons. The standard InChI is InChI=1S/C23H25Cl2N5O3S/c1-4-30-21(14(3)26-22(32)15-6-11-18(24)19(25)12-15)28-29-23(30)34-13-20(31)27-16-7-9-17(10-8-16)33-5-2/h6-12,14H,4-5,13H2,1-3H3,(H,26,32)(H,27,31)/t14-/m1/s1. The van der Waals surface area contributed by atoms with E-state index in [0.29, 0.717) is 45.4 Å². The van der Waals surface area contributed by atoms with Crippen molar-refractivity contribution >= 4 is 52.5 Å². The number of hydrogen-bond donors (Lipinski definition) is 2. The SMILES string of the molecule is CCOc1ccc(NC(=O)CSc2nnc([C@@H](C)NC(=O)c3ccc(Cl)c(Cl)c3)n2CC)cc1. The molecule has 0 saturated heterocycles. The maximum absolute atomic E-state index is 12.6. The highest BCUT2D eigenvalue weighted by atomic mass is 35.5. The fourth-order valence-corrected chi connectivity index (χ4v) is 4.24. The quantitative estimate of drug-likeness (QED) is 0.354. The number of rotatable bonds is 10. The Hall–Kier alpha value is -2.75. The zero-order chi connectivity index (χ0) is 24.7. The number of nitrogens with one attached hydrogen (secondary N) is 2. The molecule has 0 aliphatic heterocycles. The topological polar surface area (TPSA) is 98.1 Å². The van der Waals surface area contributed by atoms with Gasteiger partial charge in [-0.3, -0.25) is 9.59 Å².